The van der Waals surface area contributed by atoms with Gasteiger partial charge in [-0.1, -0.05) is 49.7 Å². The number of anilines is 1. The summed E-state index contributed by atoms with van der Waals surface area (Å²) in [6, 6.07) is 19.4. The van der Waals surface area contributed by atoms with Gasteiger partial charge < -0.3 is 15.1 Å². The fourth-order valence-electron chi connectivity index (χ4n) is 5.76. The van der Waals surface area contributed by atoms with Crippen molar-refractivity contribution in [3.8, 4) is 0 Å². The van der Waals surface area contributed by atoms with Crippen LogP contribution in [0.4, 0.5) is 5.69 Å². The van der Waals surface area contributed by atoms with E-state index in [2.05, 4.69) is 24.1 Å². The molecule has 0 aromatic heterocycles. The van der Waals surface area contributed by atoms with E-state index >= 15 is 0 Å². The number of carbonyl (C=O) groups excluding carboxylic acids is 2. The van der Waals surface area contributed by atoms with Crippen molar-refractivity contribution in [2.75, 3.05) is 31.1 Å². The first-order valence-electron chi connectivity index (χ1n) is 13.5. The monoisotopic (exact) mass is 563 g/mol. The van der Waals surface area contributed by atoms with E-state index in [4.69, 9.17) is 11.6 Å². The highest BCUT2D eigenvalue weighted by Crippen LogP contribution is 2.36. The summed E-state index contributed by atoms with van der Waals surface area (Å²) in [5.41, 5.74) is 2.13. The summed E-state index contributed by atoms with van der Waals surface area (Å²) in [4.78, 5) is 32.0. The predicted molar refractivity (Wildman–Crippen MR) is 156 cm³/mol. The third kappa shape index (κ3) is 6.26. The number of likely N-dealkylation sites (tertiary alicyclic amines) is 1. The van der Waals surface area contributed by atoms with Gasteiger partial charge in [0.2, 0.25) is 0 Å². The second kappa shape index (κ2) is 12.0. The van der Waals surface area contributed by atoms with Crippen molar-refractivity contribution in [3.05, 3.63) is 88.4 Å². The Morgan fingerprint density at radius 2 is 1.77 bits per heavy atom. The molecule has 0 spiro atoms. The summed E-state index contributed by atoms with van der Waals surface area (Å²) in [6.07, 6.45) is 2.15. The van der Waals surface area contributed by atoms with Gasteiger partial charge in [0.25, 0.3) is 11.8 Å². The molecule has 2 aliphatic heterocycles. The van der Waals surface area contributed by atoms with Gasteiger partial charge in [0, 0.05) is 30.2 Å². The average molecular weight is 564 g/mol. The fourth-order valence-corrected chi connectivity index (χ4v) is 7.32. The molecule has 0 radical (unpaired) electrons. The smallest absolute Gasteiger partial charge is 0.259 e. The zero-order chi connectivity index (χ0) is 27.5. The molecule has 5 rings (SSSR count). The summed E-state index contributed by atoms with van der Waals surface area (Å²) < 4.78 is 13.6. The van der Waals surface area contributed by atoms with Gasteiger partial charge in [-0.3, -0.25) is 9.59 Å². The molecule has 1 saturated heterocycles. The second-order valence-corrected chi connectivity index (χ2v) is 12.6. The molecule has 6 nitrogen and oxygen atoms in total. The number of halogens is 1. The average Bonchev–Trinajstić information content (AvgIpc) is 3.00. The zero-order valence-corrected chi connectivity index (χ0v) is 23.9. The van der Waals surface area contributed by atoms with Gasteiger partial charge in [0.1, 0.15) is 0 Å². The third-order valence-electron chi connectivity index (χ3n) is 7.38. The van der Waals surface area contributed by atoms with Crippen LogP contribution in [0.1, 0.15) is 53.0 Å². The number of hydrogen-bond acceptors (Lipinski definition) is 4. The van der Waals surface area contributed by atoms with E-state index in [9.17, 15) is 13.8 Å². The van der Waals surface area contributed by atoms with Crippen LogP contribution in [0.2, 0.25) is 5.02 Å². The molecular weight excluding hydrogens is 530 g/mol. The Morgan fingerprint density at radius 1 is 1.00 bits per heavy atom. The summed E-state index contributed by atoms with van der Waals surface area (Å²) in [7, 11) is -1.57. The van der Waals surface area contributed by atoms with Crippen LogP contribution in [-0.4, -0.2) is 47.1 Å². The van der Waals surface area contributed by atoms with E-state index in [0.29, 0.717) is 50.0 Å². The highest BCUT2D eigenvalue weighted by Gasteiger charge is 2.31. The summed E-state index contributed by atoms with van der Waals surface area (Å²) in [5.74, 6) is 0.940. The quantitative estimate of drug-likeness (QED) is 0.371. The number of nitrogens with zero attached hydrogens (tertiary/aromatic N) is 2. The standard InChI is InChI=1S/C31H34ClN3O3S/c1-21-15-22(2)19-34(18-21)14-6-13-33-30(36)24-11-12-29-27(17-24)35(20-23-7-5-8-25(32)16-23)31(37)26-9-3-4-10-28(26)39(29)38/h3-5,7-12,16-17,21-22H,6,13-15,18-20H2,1-2H3,(H,33,36)/t21-,22+,39-/m0/s1. The highest BCUT2D eigenvalue weighted by atomic mass is 35.5. The molecule has 3 atom stereocenters. The van der Waals surface area contributed by atoms with Crippen LogP contribution in [0.5, 0.6) is 0 Å². The molecule has 204 valence electrons. The molecule has 2 heterocycles. The lowest BCUT2D eigenvalue weighted by molar-refractivity contribution is 0.0944. The summed E-state index contributed by atoms with van der Waals surface area (Å²) in [6.45, 7) is 8.58. The van der Waals surface area contributed by atoms with Crippen molar-refractivity contribution < 1.29 is 13.8 Å². The van der Waals surface area contributed by atoms with Crippen LogP contribution in [0.25, 0.3) is 0 Å². The maximum atomic E-state index is 13.8. The number of hydrogen-bond donors (Lipinski definition) is 1. The minimum Gasteiger partial charge on any atom is -0.352 e. The van der Waals surface area contributed by atoms with Gasteiger partial charge in [-0.25, -0.2) is 4.21 Å². The van der Waals surface area contributed by atoms with Gasteiger partial charge in [0.15, 0.2) is 0 Å². The van der Waals surface area contributed by atoms with Gasteiger partial charge in [-0.05, 0) is 79.3 Å². The van der Waals surface area contributed by atoms with Crippen molar-refractivity contribution in [2.45, 2.75) is 43.0 Å². The molecule has 2 aliphatic rings. The largest absolute Gasteiger partial charge is 0.352 e. The van der Waals surface area contributed by atoms with Crippen LogP contribution in [0.15, 0.2) is 76.5 Å². The molecule has 0 saturated carbocycles. The molecule has 3 aromatic rings. The van der Waals surface area contributed by atoms with Gasteiger partial charge in [-0.2, -0.15) is 0 Å². The summed E-state index contributed by atoms with van der Waals surface area (Å²) >= 11 is 6.22. The topological polar surface area (TPSA) is 69.7 Å². The molecule has 3 aromatic carbocycles. The molecule has 1 fully saturated rings. The Balaban J connectivity index is 1.37. The van der Waals surface area contributed by atoms with E-state index in [1.807, 2.05) is 18.2 Å². The summed E-state index contributed by atoms with van der Waals surface area (Å²) in [5, 5.41) is 3.60. The van der Waals surface area contributed by atoms with Gasteiger partial charge in [-0.15, -0.1) is 0 Å². The Kier molecular flexibility index (Phi) is 8.50. The number of rotatable bonds is 7. The Labute approximate surface area is 237 Å². The maximum absolute atomic E-state index is 13.8. The van der Waals surface area contributed by atoms with Crippen molar-refractivity contribution in [1.29, 1.82) is 0 Å². The maximum Gasteiger partial charge on any atom is 0.259 e. The third-order valence-corrected chi connectivity index (χ3v) is 9.12. The number of fused-ring (bicyclic) bond motifs is 2. The minimum absolute atomic E-state index is 0.208. The van der Waals surface area contributed by atoms with Crippen molar-refractivity contribution in [3.63, 3.8) is 0 Å². The van der Waals surface area contributed by atoms with Gasteiger partial charge >= 0.3 is 0 Å². The molecule has 39 heavy (non-hydrogen) atoms. The van der Waals surface area contributed by atoms with E-state index in [1.54, 1.807) is 53.4 Å². The predicted octanol–water partition coefficient (Wildman–Crippen LogP) is 5.76. The lowest BCUT2D eigenvalue weighted by Gasteiger charge is -2.34. The van der Waals surface area contributed by atoms with Gasteiger partial charge in [0.05, 0.1) is 38.4 Å². The number of carbonyl (C=O) groups is 2. The van der Waals surface area contributed by atoms with Crippen LogP contribution in [-0.2, 0) is 17.3 Å². The van der Waals surface area contributed by atoms with E-state index in [0.717, 1.165) is 31.6 Å². The molecule has 0 unspecified atom stereocenters. The van der Waals surface area contributed by atoms with E-state index < -0.39 is 10.8 Å². The second-order valence-electron chi connectivity index (χ2n) is 10.8. The Hall–Kier alpha value is -3.00. The van der Waals surface area contributed by atoms with Crippen LogP contribution >= 0.6 is 11.6 Å². The van der Waals surface area contributed by atoms with Crippen LogP contribution in [0.3, 0.4) is 0 Å². The Bertz CT molecular complexity index is 1400. The lowest BCUT2D eigenvalue weighted by atomic mass is 9.92. The number of piperidine rings is 1. The normalized spacial score (nSPS) is 21.2. The van der Waals surface area contributed by atoms with Crippen LogP contribution in [0, 0.1) is 11.8 Å². The van der Waals surface area contributed by atoms with Crippen molar-refractivity contribution >= 4 is 39.9 Å². The molecule has 8 heteroatoms. The Morgan fingerprint density at radius 3 is 2.54 bits per heavy atom. The van der Waals surface area contributed by atoms with Crippen LogP contribution < -0.4 is 10.2 Å². The number of amides is 2. The molecule has 2 amide bonds. The highest BCUT2D eigenvalue weighted by molar-refractivity contribution is 7.85. The first kappa shape index (κ1) is 27.6. The first-order chi connectivity index (χ1) is 18.8. The minimum atomic E-state index is -1.57. The molecule has 0 aliphatic carbocycles. The molecular formula is C31H34ClN3O3S. The lowest BCUT2D eigenvalue weighted by Crippen LogP contribution is -2.40. The van der Waals surface area contributed by atoms with E-state index in [-0.39, 0.29) is 18.4 Å². The number of benzene rings is 3. The van der Waals surface area contributed by atoms with Crippen molar-refractivity contribution in [2.24, 2.45) is 11.8 Å². The first-order valence-corrected chi connectivity index (χ1v) is 15.0. The fraction of sp³-hybridized carbons (Fsp3) is 0.355. The van der Waals surface area contributed by atoms with E-state index in [1.165, 1.54) is 6.42 Å². The molecule has 0 bridgehead atoms. The van der Waals surface area contributed by atoms with Crippen molar-refractivity contribution in [1.82, 2.24) is 10.2 Å². The SMILES string of the molecule is C[C@@H]1C[C@H](C)CN(CCCNC(=O)c2ccc3c(c2)N(Cc2cccc(Cl)c2)C(=O)c2ccccc2[S@@]3=O)C1. The number of nitrogens with one attached hydrogen (secondary N) is 1. The zero-order valence-electron chi connectivity index (χ0n) is 22.4. The molecule has 1 N–H and O–H groups in total.